The lowest BCUT2D eigenvalue weighted by molar-refractivity contribution is 0.983. The van der Waals surface area contributed by atoms with Crippen LogP contribution in [0.15, 0.2) is 146 Å². The highest BCUT2D eigenvalue weighted by Gasteiger charge is 2.21. The quantitative estimate of drug-likeness (QED) is 0.199. The number of nitriles is 2. The van der Waals surface area contributed by atoms with Gasteiger partial charge < -0.3 is 9.13 Å². The van der Waals surface area contributed by atoms with Crippen molar-refractivity contribution in [3.63, 3.8) is 0 Å². The highest BCUT2D eigenvalue weighted by Crippen LogP contribution is 2.40. The lowest BCUT2D eigenvalue weighted by Gasteiger charge is -2.21. The van der Waals surface area contributed by atoms with Gasteiger partial charge in [0.1, 0.15) is 0 Å². The van der Waals surface area contributed by atoms with Crippen LogP contribution in [-0.2, 0) is 0 Å². The standard InChI is InChI=1S/C44H28N4/c45-27-29-17-23-39-38-12-4-8-16-43(38)48(44(39)25-29)42-15-7-1-9-35(42)34-24-20-31(26-32(34)28-46)30-18-21-33(22-19-30)47-40-13-5-2-10-36(40)37-11-3-6-14-41(37)47/h1-6,8-14,16-26H,7,15H2. The number of para-hydroxylation sites is 3. The van der Waals surface area contributed by atoms with E-state index < -0.39 is 0 Å². The fraction of sp³-hybridized carbons (Fsp3) is 0.0455. The van der Waals surface area contributed by atoms with Gasteiger partial charge in [-0.25, -0.2) is 0 Å². The molecule has 0 atom stereocenters. The van der Waals surface area contributed by atoms with Gasteiger partial charge in [-0.1, -0.05) is 97.1 Å². The van der Waals surface area contributed by atoms with E-state index in [0.717, 1.165) is 68.3 Å². The molecule has 0 radical (unpaired) electrons. The van der Waals surface area contributed by atoms with Crippen molar-refractivity contribution in [2.45, 2.75) is 12.8 Å². The van der Waals surface area contributed by atoms with Crippen LogP contribution in [0.4, 0.5) is 0 Å². The van der Waals surface area contributed by atoms with Crippen LogP contribution in [-0.4, -0.2) is 9.13 Å². The Morgan fingerprint density at radius 2 is 1.12 bits per heavy atom. The first-order valence-electron chi connectivity index (χ1n) is 16.2. The molecule has 2 heterocycles. The van der Waals surface area contributed by atoms with Gasteiger partial charge in [-0.2, -0.15) is 10.5 Å². The van der Waals surface area contributed by atoms with E-state index in [2.05, 4.69) is 143 Å². The van der Waals surface area contributed by atoms with Gasteiger partial charge in [0.25, 0.3) is 0 Å². The normalized spacial score (nSPS) is 13.0. The van der Waals surface area contributed by atoms with Crippen molar-refractivity contribution in [2.75, 3.05) is 0 Å². The van der Waals surface area contributed by atoms with E-state index in [-0.39, 0.29) is 0 Å². The van der Waals surface area contributed by atoms with Crippen LogP contribution in [0.25, 0.3) is 71.7 Å². The Kier molecular flexibility index (Phi) is 6.35. The van der Waals surface area contributed by atoms with Crippen molar-refractivity contribution >= 4 is 54.9 Å². The number of rotatable bonds is 4. The minimum Gasteiger partial charge on any atom is -0.312 e. The van der Waals surface area contributed by atoms with E-state index in [1.807, 2.05) is 24.3 Å². The molecule has 0 fully saturated rings. The van der Waals surface area contributed by atoms with Crippen LogP contribution in [0.5, 0.6) is 0 Å². The number of nitrogens with zero attached hydrogens (tertiary/aromatic N) is 4. The Balaban J connectivity index is 1.16. The fourth-order valence-electron chi connectivity index (χ4n) is 7.52. The molecule has 6 aromatic carbocycles. The molecule has 48 heavy (non-hydrogen) atoms. The predicted octanol–water partition coefficient (Wildman–Crippen LogP) is 11.0. The molecule has 4 heteroatoms. The molecule has 8 aromatic rings. The first kappa shape index (κ1) is 27.7. The number of hydrogen-bond acceptors (Lipinski definition) is 2. The average molecular weight is 613 g/mol. The van der Waals surface area contributed by atoms with E-state index in [9.17, 15) is 10.5 Å². The van der Waals surface area contributed by atoms with E-state index in [1.54, 1.807) is 0 Å². The number of aromatic nitrogens is 2. The summed E-state index contributed by atoms with van der Waals surface area (Å²) in [6, 6.07) is 51.0. The second-order valence-corrected chi connectivity index (χ2v) is 12.3. The van der Waals surface area contributed by atoms with Gasteiger partial charge in [-0.05, 0) is 72.5 Å². The summed E-state index contributed by atoms with van der Waals surface area (Å²) in [5.41, 5.74) is 12.0. The maximum Gasteiger partial charge on any atom is 0.0998 e. The zero-order chi connectivity index (χ0) is 32.2. The lowest BCUT2D eigenvalue weighted by Crippen LogP contribution is -2.04. The second kappa shape index (κ2) is 11.0. The number of allylic oxidation sites excluding steroid dienone is 4. The Hall–Kier alpha value is -6.62. The maximum absolute atomic E-state index is 10.5. The van der Waals surface area contributed by atoms with Crippen LogP contribution in [0.1, 0.15) is 29.5 Å². The molecule has 0 saturated heterocycles. The molecule has 0 N–H and O–H groups in total. The van der Waals surface area contributed by atoms with Crippen molar-refractivity contribution in [1.29, 1.82) is 10.5 Å². The molecule has 224 valence electrons. The monoisotopic (exact) mass is 612 g/mol. The van der Waals surface area contributed by atoms with Gasteiger partial charge in [-0.3, -0.25) is 0 Å². The van der Waals surface area contributed by atoms with Gasteiger partial charge >= 0.3 is 0 Å². The molecule has 0 aliphatic heterocycles. The van der Waals surface area contributed by atoms with Crippen molar-refractivity contribution in [2.24, 2.45) is 0 Å². The molecule has 9 rings (SSSR count). The van der Waals surface area contributed by atoms with Crippen LogP contribution in [0.2, 0.25) is 0 Å². The Morgan fingerprint density at radius 1 is 0.521 bits per heavy atom. The van der Waals surface area contributed by atoms with Crippen molar-refractivity contribution in [3.05, 3.63) is 162 Å². The first-order chi connectivity index (χ1) is 23.7. The SMILES string of the molecule is N#Cc1ccc2c3ccccc3n(C3=C(c4ccc(-c5ccc(-n6c7ccccc7c7ccccc76)cc5)cc4C#N)C=CCC3)c2c1. The minimum absolute atomic E-state index is 0.631. The third kappa shape index (κ3) is 4.21. The highest BCUT2D eigenvalue weighted by molar-refractivity contribution is 6.12. The summed E-state index contributed by atoms with van der Waals surface area (Å²) in [6.45, 7) is 0. The third-order valence-electron chi connectivity index (χ3n) is 9.69. The number of benzene rings is 6. The van der Waals surface area contributed by atoms with Gasteiger partial charge in [-0.15, -0.1) is 0 Å². The van der Waals surface area contributed by atoms with Crippen LogP contribution in [0, 0.1) is 22.7 Å². The maximum atomic E-state index is 10.5. The number of fused-ring (bicyclic) bond motifs is 6. The molecule has 0 spiro atoms. The molecule has 4 nitrogen and oxygen atoms in total. The second-order valence-electron chi connectivity index (χ2n) is 12.3. The van der Waals surface area contributed by atoms with Crippen molar-refractivity contribution < 1.29 is 0 Å². The highest BCUT2D eigenvalue weighted by atomic mass is 15.0. The smallest absolute Gasteiger partial charge is 0.0998 e. The Bertz CT molecular complexity index is 2680. The van der Waals surface area contributed by atoms with Gasteiger partial charge in [0.05, 0.1) is 45.3 Å². The fourth-order valence-corrected chi connectivity index (χ4v) is 7.52. The summed E-state index contributed by atoms with van der Waals surface area (Å²) in [5, 5.41) is 24.9. The molecule has 1 aliphatic rings. The molecule has 0 saturated carbocycles. The average Bonchev–Trinajstić information content (AvgIpc) is 3.67. The molecule has 1 aliphatic carbocycles. The topological polar surface area (TPSA) is 57.4 Å². The van der Waals surface area contributed by atoms with Crippen LogP contribution in [0.3, 0.4) is 0 Å². The zero-order valence-corrected chi connectivity index (χ0v) is 26.1. The summed E-state index contributed by atoms with van der Waals surface area (Å²) < 4.78 is 4.61. The van der Waals surface area contributed by atoms with Crippen LogP contribution >= 0.6 is 0 Å². The molecular formula is C44H28N4. The predicted molar refractivity (Wildman–Crippen MR) is 197 cm³/mol. The largest absolute Gasteiger partial charge is 0.312 e. The van der Waals surface area contributed by atoms with Crippen LogP contribution < -0.4 is 0 Å². The van der Waals surface area contributed by atoms with E-state index in [1.165, 1.54) is 21.8 Å². The Labute approximate surface area is 277 Å². The molecule has 0 unspecified atom stereocenters. The summed E-state index contributed by atoms with van der Waals surface area (Å²) in [4.78, 5) is 0. The van der Waals surface area contributed by atoms with E-state index in [0.29, 0.717) is 11.1 Å². The summed E-state index contributed by atoms with van der Waals surface area (Å²) in [5.74, 6) is 0. The van der Waals surface area contributed by atoms with Crippen molar-refractivity contribution in [3.8, 4) is 29.0 Å². The zero-order valence-electron chi connectivity index (χ0n) is 26.1. The summed E-state index contributed by atoms with van der Waals surface area (Å²) >= 11 is 0. The summed E-state index contributed by atoms with van der Waals surface area (Å²) in [6.07, 6.45) is 6.08. The van der Waals surface area contributed by atoms with E-state index >= 15 is 0 Å². The minimum atomic E-state index is 0.631. The van der Waals surface area contributed by atoms with Gasteiger partial charge in [0, 0.05) is 44.1 Å². The molecular weight excluding hydrogens is 585 g/mol. The molecule has 2 aromatic heterocycles. The molecule has 0 bridgehead atoms. The lowest BCUT2D eigenvalue weighted by atomic mass is 9.91. The third-order valence-corrected chi connectivity index (χ3v) is 9.69. The Morgan fingerprint density at radius 3 is 1.77 bits per heavy atom. The number of hydrogen-bond donors (Lipinski definition) is 0. The van der Waals surface area contributed by atoms with Crippen molar-refractivity contribution in [1.82, 2.24) is 9.13 Å². The van der Waals surface area contributed by atoms with E-state index in [4.69, 9.17) is 0 Å². The molecule has 0 amide bonds. The summed E-state index contributed by atoms with van der Waals surface area (Å²) in [7, 11) is 0. The van der Waals surface area contributed by atoms with Gasteiger partial charge in [0.2, 0.25) is 0 Å². The first-order valence-corrected chi connectivity index (χ1v) is 16.2. The van der Waals surface area contributed by atoms with Gasteiger partial charge in [0.15, 0.2) is 0 Å².